The second kappa shape index (κ2) is 7.81. The van der Waals surface area contributed by atoms with Crippen LogP contribution in [0.25, 0.3) is 0 Å². The van der Waals surface area contributed by atoms with E-state index >= 15 is 0 Å². The highest BCUT2D eigenvalue weighted by Crippen LogP contribution is 2.23. The third-order valence-corrected chi connectivity index (χ3v) is 5.84. The SMILES string of the molecule is C[C@H]1CN(S(=O)(=O)N(C)CCOc2ccccc2Cl)C[C@H](C)O1. The number of rotatable bonds is 6. The smallest absolute Gasteiger partial charge is 0.282 e. The van der Waals surface area contributed by atoms with Crippen LogP contribution >= 0.6 is 11.6 Å². The molecule has 23 heavy (non-hydrogen) atoms. The minimum atomic E-state index is -3.52. The summed E-state index contributed by atoms with van der Waals surface area (Å²) in [5.41, 5.74) is 0. The lowest BCUT2D eigenvalue weighted by atomic mass is 10.3. The van der Waals surface area contributed by atoms with Crippen LogP contribution in [0.3, 0.4) is 0 Å². The van der Waals surface area contributed by atoms with E-state index in [0.717, 1.165) is 0 Å². The number of benzene rings is 1. The fourth-order valence-electron chi connectivity index (χ4n) is 2.48. The monoisotopic (exact) mass is 362 g/mol. The Morgan fingerprint density at radius 1 is 1.30 bits per heavy atom. The second-order valence-electron chi connectivity index (χ2n) is 5.68. The molecule has 2 atom stereocenters. The van der Waals surface area contributed by atoms with E-state index in [4.69, 9.17) is 21.1 Å². The zero-order chi connectivity index (χ0) is 17.0. The van der Waals surface area contributed by atoms with E-state index in [1.807, 2.05) is 26.0 Å². The largest absolute Gasteiger partial charge is 0.491 e. The zero-order valence-electron chi connectivity index (χ0n) is 13.6. The second-order valence-corrected chi connectivity index (χ2v) is 8.13. The molecule has 1 fully saturated rings. The Balaban J connectivity index is 1.91. The summed E-state index contributed by atoms with van der Waals surface area (Å²) >= 11 is 6.00. The molecule has 0 unspecified atom stereocenters. The van der Waals surface area contributed by atoms with Crippen molar-refractivity contribution in [1.29, 1.82) is 0 Å². The van der Waals surface area contributed by atoms with Gasteiger partial charge in [-0.1, -0.05) is 23.7 Å². The van der Waals surface area contributed by atoms with E-state index in [9.17, 15) is 8.42 Å². The summed E-state index contributed by atoms with van der Waals surface area (Å²) in [6.45, 7) is 4.95. The number of nitrogens with zero attached hydrogens (tertiary/aromatic N) is 2. The Labute approximate surface area is 143 Å². The highest BCUT2D eigenvalue weighted by Gasteiger charge is 2.33. The van der Waals surface area contributed by atoms with Gasteiger partial charge in [0.05, 0.1) is 17.2 Å². The van der Waals surface area contributed by atoms with Crippen molar-refractivity contribution in [3.05, 3.63) is 29.3 Å². The van der Waals surface area contributed by atoms with Gasteiger partial charge < -0.3 is 9.47 Å². The van der Waals surface area contributed by atoms with E-state index in [-0.39, 0.29) is 25.4 Å². The fourth-order valence-corrected chi connectivity index (χ4v) is 4.16. The lowest BCUT2D eigenvalue weighted by molar-refractivity contribution is -0.0453. The summed E-state index contributed by atoms with van der Waals surface area (Å²) in [5, 5.41) is 0.508. The van der Waals surface area contributed by atoms with Gasteiger partial charge in [0.1, 0.15) is 12.4 Å². The van der Waals surface area contributed by atoms with Gasteiger partial charge in [-0.05, 0) is 26.0 Å². The third-order valence-electron chi connectivity index (χ3n) is 3.61. The molecular formula is C15H23ClN2O4S. The molecule has 0 spiro atoms. The van der Waals surface area contributed by atoms with E-state index in [1.165, 1.54) is 8.61 Å². The molecule has 0 bridgehead atoms. The minimum absolute atomic E-state index is 0.110. The molecule has 1 aromatic rings. The van der Waals surface area contributed by atoms with Crippen LogP contribution in [0, 0.1) is 0 Å². The number of ether oxygens (including phenoxy) is 2. The molecule has 1 aliphatic heterocycles. The normalized spacial score (nSPS) is 23.2. The Morgan fingerprint density at radius 3 is 2.52 bits per heavy atom. The van der Waals surface area contributed by atoms with Crippen molar-refractivity contribution in [3.63, 3.8) is 0 Å². The van der Waals surface area contributed by atoms with Crippen molar-refractivity contribution >= 4 is 21.8 Å². The number of hydrogen-bond donors (Lipinski definition) is 0. The Kier molecular flexibility index (Phi) is 6.27. The first-order valence-corrected chi connectivity index (χ1v) is 9.32. The standard InChI is InChI=1S/C15H23ClN2O4S/c1-12-10-18(11-13(2)22-12)23(19,20)17(3)8-9-21-15-7-5-4-6-14(15)16/h4-7,12-13H,8-11H2,1-3H3/t12-,13-/m0/s1. The Morgan fingerprint density at radius 2 is 1.91 bits per heavy atom. The van der Waals surface area contributed by atoms with Crippen LogP contribution in [0.1, 0.15) is 13.8 Å². The predicted molar refractivity (Wildman–Crippen MR) is 90.1 cm³/mol. The molecule has 1 saturated heterocycles. The average Bonchev–Trinajstić information content (AvgIpc) is 2.48. The molecular weight excluding hydrogens is 340 g/mol. The summed E-state index contributed by atoms with van der Waals surface area (Å²) < 4.78 is 39.1. The van der Waals surface area contributed by atoms with Crippen molar-refractivity contribution in [2.24, 2.45) is 0 Å². The molecule has 0 saturated carbocycles. The van der Waals surface area contributed by atoms with Gasteiger partial charge in [-0.25, -0.2) is 0 Å². The number of halogens is 1. The van der Waals surface area contributed by atoms with E-state index in [1.54, 1.807) is 19.2 Å². The van der Waals surface area contributed by atoms with Crippen LogP contribution in [0.15, 0.2) is 24.3 Å². The molecule has 0 aromatic heterocycles. The van der Waals surface area contributed by atoms with Gasteiger partial charge in [0.15, 0.2) is 0 Å². The zero-order valence-corrected chi connectivity index (χ0v) is 15.2. The molecule has 0 radical (unpaired) electrons. The first-order chi connectivity index (χ1) is 10.8. The van der Waals surface area contributed by atoms with Crippen LogP contribution in [-0.4, -0.2) is 62.5 Å². The summed E-state index contributed by atoms with van der Waals surface area (Å²) in [6.07, 6.45) is -0.220. The van der Waals surface area contributed by atoms with Crippen LogP contribution in [-0.2, 0) is 14.9 Å². The Bertz CT molecular complexity index is 616. The van der Waals surface area contributed by atoms with Crippen LogP contribution in [0.5, 0.6) is 5.75 Å². The molecule has 0 aliphatic carbocycles. The van der Waals surface area contributed by atoms with Gasteiger partial charge >= 0.3 is 0 Å². The summed E-state index contributed by atoms with van der Waals surface area (Å²) in [6, 6.07) is 7.11. The van der Waals surface area contributed by atoms with E-state index < -0.39 is 10.2 Å². The van der Waals surface area contributed by atoms with Crippen LogP contribution < -0.4 is 4.74 Å². The number of morpholine rings is 1. The number of hydrogen-bond acceptors (Lipinski definition) is 4. The third kappa shape index (κ3) is 4.81. The van der Waals surface area contributed by atoms with Gasteiger partial charge in [-0.2, -0.15) is 17.0 Å². The van der Waals surface area contributed by atoms with Gasteiger partial charge in [-0.3, -0.25) is 0 Å². The molecule has 1 heterocycles. The van der Waals surface area contributed by atoms with Crippen LogP contribution in [0.4, 0.5) is 0 Å². The molecule has 1 aliphatic rings. The first-order valence-electron chi connectivity index (χ1n) is 7.55. The minimum Gasteiger partial charge on any atom is -0.491 e. The summed E-state index contributed by atoms with van der Waals surface area (Å²) in [7, 11) is -1.97. The maximum atomic E-state index is 12.6. The van der Waals surface area contributed by atoms with Gasteiger partial charge in [0.25, 0.3) is 10.2 Å². The Hall–Kier alpha value is -0.860. The van der Waals surface area contributed by atoms with E-state index in [2.05, 4.69) is 0 Å². The molecule has 130 valence electrons. The van der Waals surface area contributed by atoms with Crippen molar-refractivity contribution in [3.8, 4) is 5.75 Å². The summed E-state index contributed by atoms with van der Waals surface area (Å²) in [5.74, 6) is 0.550. The highest BCUT2D eigenvalue weighted by atomic mass is 35.5. The van der Waals surface area contributed by atoms with Crippen molar-refractivity contribution in [2.45, 2.75) is 26.1 Å². The number of likely N-dealkylation sites (N-methyl/N-ethyl adjacent to an activating group) is 1. The van der Waals surface area contributed by atoms with Crippen molar-refractivity contribution in [2.75, 3.05) is 33.3 Å². The van der Waals surface area contributed by atoms with Gasteiger partial charge in [0, 0.05) is 26.7 Å². The lowest BCUT2D eigenvalue weighted by Crippen LogP contribution is -2.52. The highest BCUT2D eigenvalue weighted by molar-refractivity contribution is 7.86. The van der Waals surface area contributed by atoms with Crippen LogP contribution in [0.2, 0.25) is 5.02 Å². The maximum Gasteiger partial charge on any atom is 0.282 e. The topological polar surface area (TPSA) is 59.1 Å². The molecule has 0 amide bonds. The number of para-hydroxylation sites is 1. The molecule has 0 N–H and O–H groups in total. The summed E-state index contributed by atoms with van der Waals surface area (Å²) in [4.78, 5) is 0. The lowest BCUT2D eigenvalue weighted by Gasteiger charge is -2.36. The van der Waals surface area contributed by atoms with Crippen molar-refractivity contribution < 1.29 is 17.9 Å². The molecule has 6 nitrogen and oxygen atoms in total. The molecule has 2 rings (SSSR count). The average molecular weight is 363 g/mol. The predicted octanol–water partition coefficient (Wildman–Crippen LogP) is 2.00. The van der Waals surface area contributed by atoms with E-state index in [0.29, 0.717) is 23.9 Å². The van der Waals surface area contributed by atoms with Gasteiger partial charge in [0.2, 0.25) is 0 Å². The maximum absolute atomic E-state index is 12.6. The fraction of sp³-hybridized carbons (Fsp3) is 0.600. The van der Waals surface area contributed by atoms with Crippen molar-refractivity contribution in [1.82, 2.24) is 8.61 Å². The van der Waals surface area contributed by atoms with Gasteiger partial charge in [-0.15, -0.1) is 0 Å². The molecule has 1 aromatic carbocycles. The quantitative estimate of drug-likeness (QED) is 0.776. The first kappa shape index (κ1) is 18.5. The molecule has 8 heteroatoms.